The van der Waals surface area contributed by atoms with Crippen LogP contribution < -0.4 is 10.9 Å². The Morgan fingerprint density at radius 2 is 1.74 bits per heavy atom. The zero-order valence-corrected chi connectivity index (χ0v) is 18.4. The summed E-state index contributed by atoms with van der Waals surface area (Å²) in [7, 11) is 1.74. The molecule has 0 fully saturated rings. The molecular weight excluding hydrogens is 386 g/mol. The highest BCUT2D eigenvalue weighted by atomic mass is 16.2. The molecule has 2 aromatic heterocycles. The number of aromatic amines is 1. The second-order valence-corrected chi connectivity index (χ2v) is 7.99. The van der Waals surface area contributed by atoms with Crippen LogP contribution in [0.5, 0.6) is 0 Å². The first-order valence-electron chi connectivity index (χ1n) is 10.5. The van der Waals surface area contributed by atoms with Crippen LogP contribution in [0.3, 0.4) is 0 Å². The van der Waals surface area contributed by atoms with Gasteiger partial charge < -0.3 is 14.9 Å². The highest BCUT2D eigenvalue weighted by Crippen LogP contribution is 2.32. The van der Waals surface area contributed by atoms with E-state index >= 15 is 0 Å². The number of nitrogens with zero attached hydrogens (tertiary/aromatic N) is 1. The van der Waals surface area contributed by atoms with Gasteiger partial charge in [0, 0.05) is 30.7 Å². The molecule has 4 aromatic rings. The molecule has 1 amide bonds. The normalized spacial score (nSPS) is 11.1. The summed E-state index contributed by atoms with van der Waals surface area (Å²) in [5.41, 5.74) is 7.71. The van der Waals surface area contributed by atoms with Crippen LogP contribution in [0.15, 0.2) is 59.5 Å². The highest BCUT2D eigenvalue weighted by Gasteiger charge is 2.18. The lowest BCUT2D eigenvalue weighted by molar-refractivity contribution is 0.0951. The number of hydrogen-bond acceptors (Lipinski definition) is 2. The Morgan fingerprint density at radius 3 is 2.45 bits per heavy atom. The van der Waals surface area contributed by atoms with Crippen LogP contribution in [0.4, 0.5) is 0 Å². The molecule has 0 aliphatic carbocycles. The Balaban J connectivity index is 1.91. The number of rotatable bonds is 5. The fourth-order valence-corrected chi connectivity index (χ4v) is 4.18. The first-order valence-corrected chi connectivity index (χ1v) is 10.5. The van der Waals surface area contributed by atoms with E-state index in [9.17, 15) is 9.59 Å². The van der Waals surface area contributed by atoms with Gasteiger partial charge in [-0.15, -0.1) is 0 Å². The van der Waals surface area contributed by atoms with E-state index in [1.165, 1.54) is 22.3 Å². The van der Waals surface area contributed by atoms with Gasteiger partial charge in [-0.3, -0.25) is 9.59 Å². The van der Waals surface area contributed by atoms with Crippen molar-refractivity contribution in [1.29, 1.82) is 0 Å². The third-order valence-electron chi connectivity index (χ3n) is 5.87. The number of H-pyrrole nitrogens is 1. The van der Waals surface area contributed by atoms with Gasteiger partial charge in [0.1, 0.15) is 11.2 Å². The van der Waals surface area contributed by atoms with Crippen LogP contribution in [0, 0.1) is 13.8 Å². The molecule has 0 bridgehead atoms. The lowest BCUT2D eigenvalue weighted by atomic mass is 9.91. The largest absolute Gasteiger partial charge is 0.351 e. The molecular formula is C26H27N3O2. The number of amides is 1. The van der Waals surface area contributed by atoms with Gasteiger partial charge in [0.2, 0.25) is 0 Å². The van der Waals surface area contributed by atoms with Gasteiger partial charge >= 0.3 is 0 Å². The van der Waals surface area contributed by atoms with Gasteiger partial charge in [0.25, 0.3) is 11.5 Å². The molecule has 31 heavy (non-hydrogen) atoms. The van der Waals surface area contributed by atoms with Crippen molar-refractivity contribution in [3.05, 3.63) is 93.0 Å². The van der Waals surface area contributed by atoms with Crippen LogP contribution in [-0.4, -0.2) is 22.0 Å². The van der Waals surface area contributed by atoms with Crippen LogP contribution in [0.25, 0.3) is 22.0 Å². The Kier molecular flexibility index (Phi) is 5.51. The zero-order valence-electron chi connectivity index (χ0n) is 18.4. The number of carbonyl (C=O) groups excluding carboxylic acids is 1. The SMILES string of the molecule is CCNC(=O)c1cc2c(-c3ccccc3Cc3c(C)cccc3C)cn(C)c(=O)c2[nH]1. The van der Waals surface area contributed by atoms with E-state index in [-0.39, 0.29) is 11.5 Å². The molecule has 0 saturated carbocycles. The maximum absolute atomic E-state index is 12.8. The summed E-state index contributed by atoms with van der Waals surface area (Å²) >= 11 is 0. The topological polar surface area (TPSA) is 66.9 Å². The molecule has 0 aliphatic rings. The second-order valence-electron chi connectivity index (χ2n) is 7.99. The van der Waals surface area contributed by atoms with Crippen molar-refractivity contribution in [1.82, 2.24) is 14.9 Å². The van der Waals surface area contributed by atoms with E-state index in [1.807, 2.05) is 25.3 Å². The molecule has 0 aliphatic heterocycles. The first kappa shape index (κ1) is 20.7. The number of benzene rings is 2. The van der Waals surface area contributed by atoms with Gasteiger partial charge in [-0.25, -0.2) is 0 Å². The van der Waals surface area contributed by atoms with Crippen LogP contribution >= 0.6 is 0 Å². The van der Waals surface area contributed by atoms with Crippen molar-refractivity contribution in [2.24, 2.45) is 7.05 Å². The molecule has 5 heteroatoms. The molecule has 5 nitrogen and oxygen atoms in total. The molecule has 2 N–H and O–H groups in total. The van der Waals surface area contributed by atoms with Gasteiger partial charge in [0.15, 0.2) is 0 Å². The monoisotopic (exact) mass is 413 g/mol. The van der Waals surface area contributed by atoms with Gasteiger partial charge in [-0.1, -0.05) is 42.5 Å². The van der Waals surface area contributed by atoms with Gasteiger partial charge in [-0.2, -0.15) is 0 Å². The minimum absolute atomic E-state index is 0.151. The average molecular weight is 414 g/mol. The summed E-state index contributed by atoms with van der Waals surface area (Å²) in [5, 5.41) is 3.56. The van der Waals surface area contributed by atoms with E-state index in [4.69, 9.17) is 0 Å². The Labute approximate surface area is 181 Å². The molecule has 0 atom stereocenters. The van der Waals surface area contributed by atoms with Crippen molar-refractivity contribution < 1.29 is 4.79 Å². The van der Waals surface area contributed by atoms with Crippen molar-refractivity contribution >= 4 is 16.8 Å². The molecule has 158 valence electrons. The van der Waals surface area contributed by atoms with Crippen molar-refractivity contribution in [2.75, 3.05) is 6.54 Å². The summed E-state index contributed by atoms with van der Waals surface area (Å²) in [6.45, 7) is 6.67. The quantitative estimate of drug-likeness (QED) is 0.506. The number of nitrogens with one attached hydrogen (secondary N) is 2. The van der Waals surface area contributed by atoms with Crippen molar-refractivity contribution in [2.45, 2.75) is 27.2 Å². The smallest absolute Gasteiger partial charge is 0.274 e. The molecule has 2 heterocycles. The minimum atomic E-state index is -0.212. The van der Waals surface area contributed by atoms with E-state index in [2.05, 4.69) is 54.5 Å². The fourth-order valence-electron chi connectivity index (χ4n) is 4.18. The number of carbonyl (C=O) groups is 1. The third-order valence-corrected chi connectivity index (χ3v) is 5.87. The molecule has 0 radical (unpaired) electrons. The van der Waals surface area contributed by atoms with E-state index in [1.54, 1.807) is 17.7 Å². The second kappa shape index (κ2) is 8.26. The Bertz CT molecular complexity index is 1320. The molecule has 0 spiro atoms. The predicted octanol–water partition coefficient (Wildman–Crippen LogP) is 4.49. The van der Waals surface area contributed by atoms with Crippen molar-refractivity contribution in [3.63, 3.8) is 0 Å². The van der Waals surface area contributed by atoms with E-state index < -0.39 is 0 Å². The number of fused-ring (bicyclic) bond motifs is 1. The standard InChI is InChI=1S/C26H27N3O2/c1-5-27-25(30)23-14-21-22(15-29(4)26(31)24(21)28-23)19-12-7-6-11-18(19)13-20-16(2)9-8-10-17(20)3/h6-12,14-15,28H,5,13H2,1-4H3,(H,27,30). The van der Waals surface area contributed by atoms with Gasteiger partial charge in [0.05, 0.1) is 0 Å². The van der Waals surface area contributed by atoms with E-state index in [0.29, 0.717) is 17.8 Å². The summed E-state index contributed by atoms with van der Waals surface area (Å²) < 4.78 is 1.57. The first-order chi connectivity index (χ1) is 14.9. The average Bonchev–Trinajstić information content (AvgIpc) is 3.20. The number of hydrogen-bond donors (Lipinski definition) is 2. The fraction of sp³-hybridized carbons (Fsp3) is 0.231. The Morgan fingerprint density at radius 1 is 1.03 bits per heavy atom. The summed E-state index contributed by atoms with van der Waals surface area (Å²) in [4.78, 5) is 28.2. The molecule has 4 rings (SSSR count). The summed E-state index contributed by atoms with van der Waals surface area (Å²) in [5.74, 6) is -0.212. The molecule has 0 unspecified atom stereocenters. The zero-order chi connectivity index (χ0) is 22.1. The number of pyridine rings is 1. The predicted molar refractivity (Wildman–Crippen MR) is 126 cm³/mol. The maximum atomic E-state index is 12.8. The van der Waals surface area contributed by atoms with Gasteiger partial charge in [-0.05, 0) is 61.1 Å². The Hall–Kier alpha value is -3.60. The maximum Gasteiger partial charge on any atom is 0.274 e. The summed E-state index contributed by atoms with van der Waals surface area (Å²) in [6, 6.07) is 16.4. The number of aryl methyl sites for hydroxylation is 3. The lowest BCUT2D eigenvalue weighted by Crippen LogP contribution is -2.23. The minimum Gasteiger partial charge on any atom is -0.351 e. The van der Waals surface area contributed by atoms with Crippen molar-refractivity contribution in [3.8, 4) is 11.1 Å². The highest BCUT2D eigenvalue weighted by molar-refractivity contribution is 6.02. The third kappa shape index (κ3) is 3.79. The number of aromatic nitrogens is 2. The van der Waals surface area contributed by atoms with Crippen LogP contribution in [0.1, 0.15) is 39.7 Å². The molecule has 0 saturated heterocycles. The van der Waals surface area contributed by atoms with Crippen LogP contribution in [0.2, 0.25) is 0 Å². The lowest BCUT2D eigenvalue weighted by Gasteiger charge is -2.15. The van der Waals surface area contributed by atoms with E-state index in [0.717, 1.165) is 22.9 Å². The van der Waals surface area contributed by atoms with Crippen LogP contribution in [-0.2, 0) is 13.5 Å². The molecule has 2 aromatic carbocycles. The summed E-state index contributed by atoms with van der Waals surface area (Å²) in [6.07, 6.45) is 2.66.